The summed E-state index contributed by atoms with van der Waals surface area (Å²) in [5, 5.41) is 2.99. The molecule has 1 amide bonds. The van der Waals surface area contributed by atoms with E-state index in [1.165, 1.54) is 0 Å². The van der Waals surface area contributed by atoms with E-state index in [-0.39, 0.29) is 5.91 Å². The summed E-state index contributed by atoms with van der Waals surface area (Å²) >= 11 is 6.97. The molecule has 0 spiro atoms. The van der Waals surface area contributed by atoms with Crippen molar-refractivity contribution in [3.05, 3.63) is 0 Å². The van der Waals surface area contributed by atoms with Gasteiger partial charge in [-0.25, -0.2) is 0 Å². The maximum atomic E-state index is 12.2. The molecule has 0 atom stereocenters. The van der Waals surface area contributed by atoms with Crippen LogP contribution in [0.15, 0.2) is 0 Å². The van der Waals surface area contributed by atoms with Gasteiger partial charge < -0.3 is 11.1 Å². The van der Waals surface area contributed by atoms with E-state index in [0.29, 0.717) is 4.99 Å². The summed E-state index contributed by atoms with van der Waals surface area (Å²) in [6.45, 7) is 2.87. The van der Waals surface area contributed by atoms with E-state index in [4.69, 9.17) is 18.0 Å². The number of nitrogens with one attached hydrogen (secondary N) is 1. The van der Waals surface area contributed by atoms with Gasteiger partial charge in [-0.05, 0) is 30.8 Å². The minimum absolute atomic E-state index is 0.0454. The molecular weight excluding hydrogens is 252 g/mol. The number of carbonyl (C=O) groups excluding carboxylic acids is 1. The molecule has 0 aromatic carbocycles. The Balaban J connectivity index is 2.37. The third kappa shape index (κ3) is 3.85. The van der Waals surface area contributed by atoms with Crippen LogP contribution < -0.4 is 11.1 Å². The van der Waals surface area contributed by atoms with E-state index >= 15 is 0 Å². The van der Waals surface area contributed by atoms with Crippen molar-refractivity contribution in [3.63, 3.8) is 0 Å². The SMILES string of the molecule is CCSCCCNC(=O)C1(C(N)=S)CCCC1. The molecule has 1 saturated carbocycles. The highest BCUT2D eigenvalue weighted by Gasteiger charge is 2.43. The van der Waals surface area contributed by atoms with Crippen molar-refractivity contribution in [1.29, 1.82) is 0 Å². The predicted octanol–water partition coefficient (Wildman–Crippen LogP) is 2.09. The standard InChI is InChI=1S/C12H22N2OS2/c1-2-17-9-5-8-14-11(15)12(10(13)16)6-3-4-7-12/h2-9H2,1H3,(H2,13,16)(H,14,15). The van der Waals surface area contributed by atoms with E-state index in [1.807, 2.05) is 11.8 Å². The molecule has 3 N–H and O–H groups in total. The molecule has 1 fully saturated rings. The van der Waals surface area contributed by atoms with Gasteiger partial charge in [0.25, 0.3) is 0 Å². The van der Waals surface area contributed by atoms with Crippen LogP contribution in [-0.4, -0.2) is 28.9 Å². The molecule has 0 aromatic heterocycles. The normalized spacial score (nSPS) is 17.9. The molecule has 1 aliphatic rings. The van der Waals surface area contributed by atoms with Crippen LogP contribution >= 0.6 is 24.0 Å². The Hall–Kier alpha value is -0.290. The Morgan fingerprint density at radius 3 is 2.65 bits per heavy atom. The Bertz CT molecular complexity index is 276. The first kappa shape index (κ1) is 14.8. The number of thiocarbonyl (C=S) groups is 1. The van der Waals surface area contributed by atoms with Crippen molar-refractivity contribution < 1.29 is 4.79 Å². The molecule has 17 heavy (non-hydrogen) atoms. The molecule has 0 aromatic rings. The maximum Gasteiger partial charge on any atom is 0.233 e. The van der Waals surface area contributed by atoms with Gasteiger partial charge in [0.05, 0.1) is 10.4 Å². The zero-order valence-electron chi connectivity index (χ0n) is 10.5. The highest BCUT2D eigenvalue weighted by molar-refractivity contribution is 7.99. The monoisotopic (exact) mass is 274 g/mol. The topological polar surface area (TPSA) is 55.1 Å². The van der Waals surface area contributed by atoms with Crippen molar-refractivity contribution in [3.8, 4) is 0 Å². The number of thioether (sulfide) groups is 1. The quantitative estimate of drug-likeness (QED) is 0.551. The van der Waals surface area contributed by atoms with Crippen LogP contribution in [0.4, 0.5) is 0 Å². The number of amides is 1. The molecule has 0 heterocycles. The largest absolute Gasteiger partial charge is 0.392 e. The highest BCUT2D eigenvalue weighted by atomic mass is 32.2. The first-order valence-corrected chi connectivity index (χ1v) is 7.85. The second-order valence-electron chi connectivity index (χ2n) is 4.46. The summed E-state index contributed by atoms with van der Waals surface area (Å²) in [5.74, 6) is 2.27. The van der Waals surface area contributed by atoms with E-state index < -0.39 is 5.41 Å². The summed E-state index contributed by atoms with van der Waals surface area (Å²) in [4.78, 5) is 12.5. The van der Waals surface area contributed by atoms with E-state index in [1.54, 1.807) is 0 Å². The van der Waals surface area contributed by atoms with Crippen molar-refractivity contribution in [2.24, 2.45) is 11.1 Å². The van der Waals surface area contributed by atoms with Crippen LogP contribution in [0.25, 0.3) is 0 Å². The number of hydrogen-bond acceptors (Lipinski definition) is 3. The summed E-state index contributed by atoms with van der Waals surface area (Å²) < 4.78 is 0. The zero-order valence-corrected chi connectivity index (χ0v) is 12.1. The Kier molecular flexibility index (Phi) is 6.27. The Morgan fingerprint density at radius 2 is 2.12 bits per heavy atom. The molecule has 1 rings (SSSR count). The Labute approximate surface area is 113 Å². The van der Waals surface area contributed by atoms with E-state index in [9.17, 15) is 4.79 Å². The first-order chi connectivity index (χ1) is 8.13. The second-order valence-corrected chi connectivity index (χ2v) is 6.29. The van der Waals surface area contributed by atoms with Gasteiger partial charge in [0, 0.05) is 6.54 Å². The van der Waals surface area contributed by atoms with Crippen molar-refractivity contribution in [2.75, 3.05) is 18.1 Å². The van der Waals surface area contributed by atoms with Gasteiger partial charge in [0.15, 0.2) is 0 Å². The van der Waals surface area contributed by atoms with E-state index in [0.717, 1.165) is 50.2 Å². The van der Waals surface area contributed by atoms with Gasteiger partial charge in [-0.1, -0.05) is 32.0 Å². The third-order valence-electron chi connectivity index (χ3n) is 3.32. The van der Waals surface area contributed by atoms with Gasteiger partial charge in [0.2, 0.25) is 5.91 Å². The molecule has 0 saturated heterocycles. The van der Waals surface area contributed by atoms with Crippen LogP contribution in [-0.2, 0) is 4.79 Å². The minimum Gasteiger partial charge on any atom is -0.392 e. The average molecular weight is 274 g/mol. The molecule has 0 unspecified atom stereocenters. The predicted molar refractivity (Wildman–Crippen MR) is 78.3 cm³/mol. The summed E-state index contributed by atoms with van der Waals surface area (Å²) in [6.07, 6.45) is 4.75. The van der Waals surface area contributed by atoms with Gasteiger partial charge in [0.1, 0.15) is 0 Å². The number of nitrogens with two attached hydrogens (primary N) is 1. The lowest BCUT2D eigenvalue weighted by Crippen LogP contribution is -2.47. The van der Waals surface area contributed by atoms with Gasteiger partial charge in [-0.3, -0.25) is 4.79 Å². The molecule has 3 nitrogen and oxygen atoms in total. The van der Waals surface area contributed by atoms with Crippen molar-refractivity contribution >= 4 is 34.9 Å². The molecule has 98 valence electrons. The highest BCUT2D eigenvalue weighted by Crippen LogP contribution is 2.38. The van der Waals surface area contributed by atoms with Gasteiger partial charge in [-0.2, -0.15) is 11.8 Å². The fourth-order valence-corrected chi connectivity index (χ4v) is 3.19. The molecule has 5 heteroatoms. The number of carbonyl (C=O) groups is 1. The smallest absolute Gasteiger partial charge is 0.233 e. The fourth-order valence-electron chi connectivity index (χ4n) is 2.25. The summed E-state index contributed by atoms with van der Waals surface area (Å²) in [5.41, 5.74) is 5.20. The lowest BCUT2D eigenvalue weighted by atomic mass is 9.85. The lowest BCUT2D eigenvalue weighted by molar-refractivity contribution is -0.127. The minimum atomic E-state index is -0.548. The molecule has 0 aliphatic heterocycles. The molecule has 1 aliphatic carbocycles. The van der Waals surface area contributed by atoms with Crippen LogP contribution in [0.3, 0.4) is 0 Å². The maximum absolute atomic E-state index is 12.2. The zero-order chi connectivity index (χ0) is 12.7. The summed E-state index contributed by atoms with van der Waals surface area (Å²) in [6, 6.07) is 0. The van der Waals surface area contributed by atoms with Crippen molar-refractivity contribution in [1.82, 2.24) is 5.32 Å². The van der Waals surface area contributed by atoms with Crippen LogP contribution in [0.2, 0.25) is 0 Å². The lowest BCUT2D eigenvalue weighted by Gasteiger charge is -2.26. The number of hydrogen-bond donors (Lipinski definition) is 2. The second kappa shape index (κ2) is 7.21. The van der Waals surface area contributed by atoms with Crippen LogP contribution in [0, 0.1) is 5.41 Å². The summed E-state index contributed by atoms with van der Waals surface area (Å²) in [7, 11) is 0. The van der Waals surface area contributed by atoms with Crippen LogP contribution in [0.5, 0.6) is 0 Å². The average Bonchev–Trinajstić information content (AvgIpc) is 2.79. The molecule has 0 bridgehead atoms. The van der Waals surface area contributed by atoms with Crippen molar-refractivity contribution in [2.45, 2.75) is 39.0 Å². The molecule has 0 radical (unpaired) electrons. The fraction of sp³-hybridized carbons (Fsp3) is 0.833. The van der Waals surface area contributed by atoms with E-state index in [2.05, 4.69) is 12.2 Å². The molecular formula is C12H22N2OS2. The van der Waals surface area contributed by atoms with Gasteiger partial charge >= 0.3 is 0 Å². The first-order valence-electron chi connectivity index (χ1n) is 6.29. The third-order valence-corrected chi connectivity index (χ3v) is 4.69. The van der Waals surface area contributed by atoms with Gasteiger partial charge in [-0.15, -0.1) is 0 Å². The van der Waals surface area contributed by atoms with Crippen LogP contribution in [0.1, 0.15) is 39.0 Å². The number of rotatable bonds is 7. The Morgan fingerprint density at radius 1 is 1.47 bits per heavy atom.